The quantitative estimate of drug-likeness (QED) is 0.620. The minimum Gasteiger partial charge on any atom is -0.486 e. The first-order valence-corrected chi connectivity index (χ1v) is 7.95. The largest absolute Gasteiger partial charge is 0.486 e. The van der Waals surface area contributed by atoms with Gasteiger partial charge in [0, 0.05) is 24.7 Å². The molecule has 2 heterocycles. The van der Waals surface area contributed by atoms with Gasteiger partial charge in [0.1, 0.15) is 12.7 Å². The number of rotatable bonds is 2. The van der Waals surface area contributed by atoms with Gasteiger partial charge in [0.2, 0.25) is 5.91 Å². The first-order chi connectivity index (χ1) is 12.0. The Morgan fingerprint density at radius 3 is 2.72 bits per heavy atom. The highest BCUT2D eigenvalue weighted by atomic mass is 16.6. The Hall–Kier alpha value is -3.09. The van der Waals surface area contributed by atoms with Crippen molar-refractivity contribution in [3.05, 3.63) is 57.6 Å². The second-order valence-corrected chi connectivity index (χ2v) is 6.24. The van der Waals surface area contributed by atoms with Gasteiger partial charge >= 0.3 is 0 Å². The average molecular weight is 340 g/mol. The smallest absolute Gasteiger partial charge is 0.273 e. The molecule has 0 bridgehead atoms. The first-order valence-electron chi connectivity index (χ1n) is 7.95. The topological polar surface area (TPSA) is 81.9 Å². The fourth-order valence-electron chi connectivity index (χ4n) is 3.39. The van der Waals surface area contributed by atoms with Crippen molar-refractivity contribution in [2.75, 3.05) is 18.6 Å². The highest BCUT2D eigenvalue weighted by Crippen LogP contribution is 2.48. The van der Waals surface area contributed by atoms with Crippen LogP contribution in [0.4, 0.5) is 11.4 Å². The number of para-hydroxylation sites is 1. The number of likely N-dealkylation sites (N-methyl/N-ethyl adjacent to an activating group) is 1. The molecule has 2 atom stereocenters. The maximum Gasteiger partial charge on any atom is 0.273 e. The zero-order chi connectivity index (χ0) is 17.7. The van der Waals surface area contributed by atoms with E-state index in [4.69, 9.17) is 9.47 Å². The number of ether oxygens (including phenoxy) is 2. The molecule has 0 saturated carbocycles. The van der Waals surface area contributed by atoms with Crippen molar-refractivity contribution in [3.63, 3.8) is 0 Å². The standard InChI is InChI=1S/C18H16N2O5/c1-10-9-24-15-8-14-12(7-16(15)25-10)17(18(21)19(14)2)11-5-3-4-6-13(11)20(22)23/h3-8,10,17H,9H2,1-2H3. The molecule has 0 fully saturated rings. The summed E-state index contributed by atoms with van der Waals surface area (Å²) in [6, 6.07) is 9.88. The number of nitro groups is 1. The van der Waals surface area contributed by atoms with Gasteiger partial charge in [0.25, 0.3) is 5.69 Å². The molecule has 0 N–H and O–H groups in total. The number of hydrogen-bond donors (Lipinski definition) is 0. The Balaban J connectivity index is 1.89. The molecule has 0 spiro atoms. The third-order valence-corrected chi connectivity index (χ3v) is 4.59. The third kappa shape index (κ3) is 2.31. The molecule has 2 aliphatic heterocycles. The van der Waals surface area contributed by atoms with Gasteiger partial charge < -0.3 is 14.4 Å². The average Bonchev–Trinajstić information content (AvgIpc) is 2.83. The van der Waals surface area contributed by atoms with Gasteiger partial charge in [-0.3, -0.25) is 14.9 Å². The Labute approximate surface area is 143 Å². The Morgan fingerprint density at radius 2 is 1.96 bits per heavy atom. The van der Waals surface area contributed by atoms with Gasteiger partial charge in [-0.1, -0.05) is 18.2 Å². The maximum atomic E-state index is 12.8. The molecule has 2 unspecified atom stereocenters. The van der Waals surface area contributed by atoms with Crippen LogP contribution in [0, 0.1) is 10.1 Å². The summed E-state index contributed by atoms with van der Waals surface area (Å²) >= 11 is 0. The molecular weight excluding hydrogens is 324 g/mol. The van der Waals surface area contributed by atoms with E-state index in [0.717, 1.165) is 0 Å². The summed E-state index contributed by atoms with van der Waals surface area (Å²) in [5.74, 6) is 0.205. The molecule has 0 aromatic heterocycles. The molecular formula is C18H16N2O5. The van der Waals surface area contributed by atoms with Gasteiger partial charge in [-0.05, 0) is 18.6 Å². The van der Waals surface area contributed by atoms with E-state index in [-0.39, 0.29) is 17.7 Å². The fourth-order valence-corrected chi connectivity index (χ4v) is 3.39. The number of anilines is 1. The summed E-state index contributed by atoms with van der Waals surface area (Å²) in [6.07, 6.45) is -0.0927. The van der Waals surface area contributed by atoms with Crippen LogP contribution in [0.2, 0.25) is 0 Å². The van der Waals surface area contributed by atoms with E-state index < -0.39 is 10.8 Å². The molecule has 0 saturated heterocycles. The van der Waals surface area contributed by atoms with Gasteiger partial charge in [0.05, 0.1) is 16.5 Å². The lowest BCUT2D eigenvalue weighted by atomic mass is 9.91. The number of hydrogen-bond acceptors (Lipinski definition) is 5. The molecule has 4 rings (SSSR count). The van der Waals surface area contributed by atoms with Crippen LogP contribution in [0.25, 0.3) is 0 Å². The fraction of sp³-hybridized carbons (Fsp3) is 0.278. The van der Waals surface area contributed by atoms with E-state index in [1.54, 1.807) is 37.4 Å². The monoisotopic (exact) mass is 340 g/mol. The summed E-state index contributed by atoms with van der Waals surface area (Å²) in [5.41, 5.74) is 1.70. The zero-order valence-corrected chi connectivity index (χ0v) is 13.8. The summed E-state index contributed by atoms with van der Waals surface area (Å²) < 4.78 is 11.5. The first kappa shape index (κ1) is 15.4. The molecule has 128 valence electrons. The van der Waals surface area contributed by atoms with Gasteiger partial charge in [-0.2, -0.15) is 0 Å². The molecule has 7 heteroatoms. The molecule has 0 radical (unpaired) electrons. The highest BCUT2D eigenvalue weighted by molar-refractivity contribution is 6.07. The van der Waals surface area contributed by atoms with Crippen molar-refractivity contribution in [3.8, 4) is 11.5 Å². The van der Waals surface area contributed by atoms with Gasteiger partial charge in [0.15, 0.2) is 11.5 Å². The molecule has 7 nitrogen and oxygen atoms in total. The van der Waals surface area contributed by atoms with Crippen LogP contribution in [0.15, 0.2) is 36.4 Å². The van der Waals surface area contributed by atoms with Crippen LogP contribution >= 0.6 is 0 Å². The van der Waals surface area contributed by atoms with Gasteiger partial charge in [-0.15, -0.1) is 0 Å². The number of carbonyl (C=O) groups is 1. The SMILES string of the molecule is CC1COc2cc3c(cc2O1)C(c1ccccc1[N+](=O)[O-])C(=O)N3C. The van der Waals surface area contributed by atoms with Crippen molar-refractivity contribution in [2.24, 2.45) is 0 Å². The van der Waals surface area contributed by atoms with Crippen molar-refractivity contribution < 1.29 is 19.2 Å². The number of amides is 1. The highest BCUT2D eigenvalue weighted by Gasteiger charge is 2.41. The lowest BCUT2D eigenvalue weighted by Crippen LogP contribution is -2.26. The van der Waals surface area contributed by atoms with Crippen molar-refractivity contribution in [1.82, 2.24) is 0 Å². The van der Waals surface area contributed by atoms with Crippen LogP contribution in [0.3, 0.4) is 0 Å². The van der Waals surface area contributed by atoms with E-state index in [1.165, 1.54) is 11.0 Å². The Kier molecular flexibility index (Phi) is 3.38. The zero-order valence-electron chi connectivity index (χ0n) is 13.8. The van der Waals surface area contributed by atoms with Crippen LogP contribution in [0.1, 0.15) is 24.0 Å². The van der Waals surface area contributed by atoms with Crippen LogP contribution in [0.5, 0.6) is 11.5 Å². The number of benzene rings is 2. The summed E-state index contributed by atoms with van der Waals surface area (Å²) in [7, 11) is 1.66. The Morgan fingerprint density at radius 1 is 1.20 bits per heavy atom. The lowest BCUT2D eigenvalue weighted by molar-refractivity contribution is -0.385. The van der Waals surface area contributed by atoms with Crippen molar-refractivity contribution in [2.45, 2.75) is 18.9 Å². The molecule has 25 heavy (non-hydrogen) atoms. The lowest BCUT2D eigenvalue weighted by Gasteiger charge is -2.25. The summed E-state index contributed by atoms with van der Waals surface area (Å²) in [5, 5.41) is 11.4. The van der Waals surface area contributed by atoms with Gasteiger partial charge in [-0.25, -0.2) is 0 Å². The summed E-state index contributed by atoms with van der Waals surface area (Å²) in [4.78, 5) is 25.3. The Bertz CT molecular complexity index is 895. The second-order valence-electron chi connectivity index (χ2n) is 6.24. The number of nitrogens with zero attached hydrogens (tertiary/aromatic N) is 2. The van der Waals surface area contributed by atoms with Crippen LogP contribution in [-0.2, 0) is 4.79 Å². The van der Waals surface area contributed by atoms with Crippen LogP contribution < -0.4 is 14.4 Å². The second kappa shape index (κ2) is 5.47. The summed E-state index contributed by atoms with van der Waals surface area (Å²) in [6.45, 7) is 2.34. The number of carbonyl (C=O) groups excluding carboxylic acids is 1. The van der Waals surface area contributed by atoms with E-state index in [1.807, 2.05) is 6.92 Å². The van der Waals surface area contributed by atoms with E-state index in [0.29, 0.717) is 34.9 Å². The molecule has 2 aliphatic rings. The molecule has 2 aromatic carbocycles. The number of fused-ring (bicyclic) bond motifs is 2. The minimum atomic E-state index is -0.729. The third-order valence-electron chi connectivity index (χ3n) is 4.59. The van der Waals surface area contributed by atoms with E-state index in [9.17, 15) is 14.9 Å². The van der Waals surface area contributed by atoms with Crippen molar-refractivity contribution in [1.29, 1.82) is 0 Å². The normalized spacial score (nSPS) is 21.2. The van der Waals surface area contributed by atoms with Crippen molar-refractivity contribution >= 4 is 17.3 Å². The van der Waals surface area contributed by atoms with Crippen LogP contribution in [-0.4, -0.2) is 30.6 Å². The minimum absolute atomic E-state index is 0.0645. The van der Waals surface area contributed by atoms with E-state index >= 15 is 0 Å². The molecule has 2 aromatic rings. The predicted molar refractivity (Wildman–Crippen MR) is 90.4 cm³/mol. The maximum absolute atomic E-state index is 12.8. The molecule has 1 amide bonds. The number of nitro benzene ring substituents is 1. The molecule has 0 aliphatic carbocycles. The van der Waals surface area contributed by atoms with E-state index in [2.05, 4.69) is 0 Å². The predicted octanol–water partition coefficient (Wildman–Crippen LogP) is 2.86.